The molecule has 0 spiro atoms. The molecule has 0 radical (unpaired) electrons. The van der Waals surface area contributed by atoms with Crippen molar-refractivity contribution in [1.82, 2.24) is 0 Å². The van der Waals surface area contributed by atoms with Gasteiger partial charge in [-0.3, -0.25) is 0 Å². The average molecular weight is 587 g/mol. The van der Waals surface area contributed by atoms with Gasteiger partial charge in [0.05, 0.1) is 26.4 Å². The fourth-order valence-electron chi connectivity index (χ4n) is 4.82. The quantitative estimate of drug-likeness (QED) is 0.211. The Morgan fingerprint density at radius 3 is 1.21 bits per heavy atom. The van der Waals surface area contributed by atoms with Crippen LogP contribution in [0.2, 0.25) is 0 Å². The molecule has 0 saturated heterocycles. The molecule has 0 aliphatic carbocycles. The summed E-state index contributed by atoms with van der Waals surface area (Å²) in [6.45, 7) is 16.7. The zero-order valence-corrected chi connectivity index (χ0v) is 26.5. The Labute approximate surface area is 250 Å². The molecule has 8 heteroatoms. The maximum Gasteiger partial charge on any atom is 0.336 e. The van der Waals surface area contributed by atoms with E-state index in [9.17, 15) is 30.0 Å². The van der Waals surface area contributed by atoms with Gasteiger partial charge in [0.2, 0.25) is 0 Å². The van der Waals surface area contributed by atoms with Crippen molar-refractivity contribution >= 4 is 11.9 Å². The van der Waals surface area contributed by atoms with E-state index in [-0.39, 0.29) is 62.9 Å². The van der Waals surface area contributed by atoms with Crippen molar-refractivity contribution in [3.8, 4) is 0 Å². The molecule has 8 nitrogen and oxygen atoms in total. The van der Waals surface area contributed by atoms with Gasteiger partial charge in [-0.2, -0.15) is 0 Å². The highest BCUT2D eigenvalue weighted by Crippen LogP contribution is 2.28. The molecule has 0 saturated carbocycles. The Morgan fingerprint density at radius 1 is 0.595 bits per heavy atom. The van der Waals surface area contributed by atoms with Crippen molar-refractivity contribution in [2.75, 3.05) is 26.4 Å². The monoisotopic (exact) mass is 586 g/mol. The molecule has 0 aromatic heterocycles. The molecule has 0 aliphatic heterocycles. The van der Waals surface area contributed by atoms with E-state index in [0.29, 0.717) is 0 Å². The van der Waals surface area contributed by atoms with Gasteiger partial charge in [-0.1, -0.05) is 89.1 Å². The molecule has 0 bridgehead atoms. The summed E-state index contributed by atoms with van der Waals surface area (Å²) < 4.78 is 11.1. The van der Waals surface area contributed by atoms with E-state index in [1.54, 1.807) is 0 Å². The lowest BCUT2D eigenvalue weighted by Gasteiger charge is -2.26. The first-order chi connectivity index (χ1) is 19.2. The number of aliphatic carboxylic acids is 2. The van der Waals surface area contributed by atoms with Crippen LogP contribution in [-0.2, 0) is 42.7 Å². The summed E-state index contributed by atoms with van der Waals surface area (Å²) in [7, 11) is 0. The lowest BCUT2D eigenvalue weighted by Crippen LogP contribution is -2.42. The third-order valence-electron chi connectivity index (χ3n) is 7.49. The van der Waals surface area contributed by atoms with Crippen molar-refractivity contribution < 1.29 is 39.5 Å². The molecule has 4 N–H and O–H groups in total. The van der Waals surface area contributed by atoms with Gasteiger partial charge in [-0.05, 0) is 46.9 Å². The number of hydrogen-bond acceptors (Lipinski definition) is 6. The number of rotatable bonds is 15. The standard InChI is InChI=1S/C34H50O8/c1-23-15-25(19-27(17-23)31(3,4)5)21-33(39,29(35)36)9-11-41-13-14-42-12-10-34(40,30(37)38)22-26-16-24(2)18-28(20-26)32(6,7)8/h15-20,39-40H,9-14,21-22H2,1-8H3,(H,35,36)(H,37,38). The van der Waals surface area contributed by atoms with Crippen molar-refractivity contribution in [2.24, 2.45) is 0 Å². The van der Waals surface area contributed by atoms with Crippen LogP contribution in [-0.4, -0.2) is 70.0 Å². The molecule has 0 fully saturated rings. The molecule has 0 amide bonds. The highest BCUT2D eigenvalue weighted by atomic mass is 16.5. The second-order valence-corrected chi connectivity index (χ2v) is 13.7. The average Bonchev–Trinajstić information content (AvgIpc) is 2.83. The summed E-state index contributed by atoms with van der Waals surface area (Å²) in [6.07, 6.45) is -0.294. The number of benzene rings is 2. The van der Waals surface area contributed by atoms with Crippen LogP contribution in [0.15, 0.2) is 36.4 Å². The highest BCUT2D eigenvalue weighted by Gasteiger charge is 2.37. The number of hydrogen-bond donors (Lipinski definition) is 4. The fourth-order valence-corrected chi connectivity index (χ4v) is 4.82. The second kappa shape index (κ2) is 14.1. The molecular weight excluding hydrogens is 536 g/mol. The van der Waals surface area contributed by atoms with Gasteiger partial charge < -0.3 is 29.9 Å². The number of carbonyl (C=O) groups is 2. The topological polar surface area (TPSA) is 134 Å². The van der Waals surface area contributed by atoms with Crippen LogP contribution < -0.4 is 0 Å². The first-order valence-electron chi connectivity index (χ1n) is 14.5. The van der Waals surface area contributed by atoms with Gasteiger partial charge in [0.25, 0.3) is 0 Å². The van der Waals surface area contributed by atoms with Gasteiger partial charge in [-0.25, -0.2) is 9.59 Å². The van der Waals surface area contributed by atoms with E-state index in [1.165, 1.54) is 0 Å². The maximum atomic E-state index is 12.0. The first-order valence-corrected chi connectivity index (χ1v) is 14.5. The molecule has 2 unspecified atom stereocenters. The lowest BCUT2D eigenvalue weighted by molar-refractivity contribution is -0.161. The van der Waals surface area contributed by atoms with E-state index >= 15 is 0 Å². The Balaban J connectivity index is 1.86. The van der Waals surface area contributed by atoms with Gasteiger partial charge in [0, 0.05) is 25.7 Å². The minimum absolute atomic E-state index is 0.00658. The molecule has 234 valence electrons. The van der Waals surface area contributed by atoms with E-state index in [2.05, 4.69) is 53.7 Å². The fraction of sp³-hybridized carbons (Fsp3) is 0.588. The SMILES string of the molecule is Cc1cc(CC(O)(CCOCCOCCC(O)(Cc2cc(C)cc(C(C)(C)C)c2)C(=O)O)C(=O)O)cc(C(C)(C)C)c1. The molecular formula is C34H50O8. The number of aliphatic hydroxyl groups is 2. The summed E-state index contributed by atoms with van der Waals surface area (Å²) in [5.41, 5.74) is 1.46. The van der Waals surface area contributed by atoms with Crippen LogP contribution in [0, 0.1) is 13.8 Å². The number of ether oxygens (including phenoxy) is 2. The molecule has 2 aromatic carbocycles. The molecule has 2 aromatic rings. The van der Waals surface area contributed by atoms with E-state index in [4.69, 9.17) is 9.47 Å². The molecule has 42 heavy (non-hydrogen) atoms. The summed E-state index contributed by atoms with van der Waals surface area (Å²) in [5.74, 6) is -2.62. The second-order valence-electron chi connectivity index (χ2n) is 13.7. The molecule has 0 heterocycles. The maximum absolute atomic E-state index is 12.0. The normalized spacial score (nSPS) is 15.2. The largest absolute Gasteiger partial charge is 0.479 e. The van der Waals surface area contributed by atoms with Gasteiger partial charge >= 0.3 is 11.9 Å². The number of aryl methyl sites for hydroxylation is 2. The molecule has 2 rings (SSSR count). The van der Waals surface area contributed by atoms with Gasteiger partial charge in [0.15, 0.2) is 11.2 Å². The van der Waals surface area contributed by atoms with E-state index in [1.807, 2.05) is 38.1 Å². The molecule has 2 atom stereocenters. The van der Waals surface area contributed by atoms with Crippen LogP contribution in [0.5, 0.6) is 0 Å². The minimum Gasteiger partial charge on any atom is -0.479 e. The van der Waals surface area contributed by atoms with Crippen molar-refractivity contribution in [3.05, 3.63) is 69.8 Å². The van der Waals surface area contributed by atoms with Crippen molar-refractivity contribution in [1.29, 1.82) is 0 Å². The van der Waals surface area contributed by atoms with Crippen LogP contribution in [0.4, 0.5) is 0 Å². The number of carboxylic acids is 2. The predicted octanol–water partition coefficient (Wildman–Crippen LogP) is 5.13. The smallest absolute Gasteiger partial charge is 0.336 e. The zero-order chi connectivity index (χ0) is 31.9. The third kappa shape index (κ3) is 10.5. The first kappa shape index (κ1) is 35.4. The summed E-state index contributed by atoms with van der Waals surface area (Å²) in [6, 6.07) is 11.8. The van der Waals surface area contributed by atoms with E-state index in [0.717, 1.165) is 33.4 Å². The zero-order valence-electron chi connectivity index (χ0n) is 26.5. The lowest BCUT2D eigenvalue weighted by atomic mass is 9.83. The van der Waals surface area contributed by atoms with Gasteiger partial charge in [0.1, 0.15) is 0 Å². The summed E-state index contributed by atoms with van der Waals surface area (Å²) >= 11 is 0. The van der Waals surface area contributed by atoms with Crippen LogP contribution in [0.1, 0.15) is 87.8 Å². The van der Waals surface area contributed by atoms with Gasteiger partial charge in [-0.15, -0.1) is 0 Å². The third-order valence-corrected chi connectivity index (χ3v) is 7.49. The Morgan fingerprint density at radius 2 is 0.929 bits per heavy atom. The van der Waals surface area contributed by atoms with Crippen molar-refractivity contribution in [2.45, 2.75) is 103 Å². The predicted molar refractivity (Wildman–Crippen MR) is 163 cm³/mol. The van der Waals surface area contributed by atoms with Crippen LogP contribution >= 0.6 is 0 Å². The Bertz CT molecular complexity index is 1130. The Hall–Kier alpha value is -2.78. The summed E-state index contributed by atoms with van der Waals surface area (Å²) in [5, 5.41) is 41.3. The van der Waals surface area contributed by atoms with Crippen LogP contribution in [0.25, 0.3) is 0 Å². The highest BCUT2D eigenvalue weighted by molar-refractivity contribution is 5.78. The van der Waals surface area contributed by atoms with E-state index < -0.39 is 23.1 Å². The minimum atomic E-state index is -1.98. The number of carboxylic acid groups (broad SMARTS) is 2. The Kier molecular flexibility index (Phi) is 11.9. The summed E-state index contributed by atoms with van der Waals surface area (Å²) in [4.78, 5) is 23.9. The van der Waals surface area contributed by atoms with Crippen molar-refractivity contribution in [3.63, 3.8) is 0 Å². The molecule has 0 aliphatic rings. The van der Waals surface area contributed by atoms with Crippen LogP contribution in [0.3, 0.4) is 0 Å².